The fourth-order valence-corrected chi connectivity index (χ4v) is 5.83. The third-order valence-electron chi connectivity index (χ3n) is 6.13. The van der Waals surface area contributed by atoms with Crippen LogP contribution in [0.2, 0.25) is 0 Å². The Balaban J connectivity index is 1.46. The number of rotatable bonds is 3. The molecule has 2 aromatic rings. The standard InChI is InChI=1S/C19H26N4O2S/c1-2-17-20-21-18-8-9-19(12-15-23(17)18)10-13-22(14-11-19)26(24,25)16-6-4-3-5-7-16/h3-7H,2,8-15H2,1H3. The smallest absolute Gasteiger partial charge is 0.243 e. The first kappa shape index (κ1) is 17.7. The van der Waals surface area contributed by atoms with Gasteiger partial charge in [-0.3, -0.25) is 0 Å². The van der Waals surface area contributed by atoms with Gasteiger partial charge in [0, 0.05) is 32.5 Å². The average Bonchev–Trinajstić information content (AvgIpc) is 3.00. The zero-order valence-corrected chi connectivity index (χ0v) is 16.1. The van der Waals surface area contributed by atoms with Crippen molar-refractivity contribution in [3.8, 4) is 0 Å². The second-order valence-electron chi connectivity index (χ2n) is 7.50. The van der Waals surface area contributed by atoms with E-state index in [9.17, 15) is 8.42 Å². The number of sulfonamides is 1. The number of hydrogen-bond acceptors (Lipinski definition) is 4. The monoisotopic (exact) mass is 374 g/mol. The lowest BCUT2D eigenvalue weighted by atomic mass is 9.73. The van der Waals surface area contributed by atoms with Crippen LogP contribution in [0.4, 0.5) is 0 Å². The second kappa shape index (κ2) is 6.78. The Morgan fingerprint density at radius 1 is 1.00 bits per heavy atom. The van der Waals surface area contributed by atoms with E-state index in [4.69, 9.17) is 0 Å². The average molecular weight is 375 g/mol. The Morgan fingerprint density at radius 3 is 2.38 bits per heavy atom. The molecule has 26 heavy (non-hydrogen) atoms. The van der Waals surface area contributed by atoms with Crippen molar-refractivity contribution in [2.75, 3.05) is 13.1 Å². The maximum atomic E-state index is 12.9. The van der Waals surface area contributed by atoms with E-state index in [-0.39, 0.29) is 5.41 Å². The molecule has 3 heterocycles. The van der Waals surface area contributed by atoms with E-state index in [0.717, 1.165) is 56.7 Å². The van der Waals surface area contributed by atoms with E-state index in [2.05, 4.69) is 21.7 Å². The van der Waals surface area contributed by atoms with Crippen LogP contribution in [-0.4, -0.2) is 40.6 Å². The van der Waals surface area contributed by atoms with Gasteiger partial charge >= 0.3 is 0 Å². The summed E-state index contributed by atoms with van der Waals surface area (Å²) in [5.74, 6) is 2.17. The van der Waals surface area contributed by atoms with Crippen molar-refractivity contribution in [1.29, 1.82) is 0 Å². The quantitative estimate of drug-likeness (QED) is 0.828. The molecule has 0 unspecified atom stereocenters. The molecule has 140 valence electrons. The van der Waals surface area contributed by atoms with Crippen molar-refractivity contribution >= 4 is 10.0 Å². The molecule has 2 aliphatic heterocycles. The Hall–Kier alpha value is -1.73. The summed E-state index contributed by atoms with van der Waals surface area (Å²) in [7, 11) is -3.37. The van der Waals surface area contributed by atoms with Crippen LogP contribution < -0.4 is 0 Å². The maximum absolute atomic E-state index is 12.9. The molecule has 7 heteroatoms. The van der Waals surface area contributed by atoms with E-state index >= 15 is 0 Å². The molecule has 0 amide bonds. The molecule has 1 fully saturated rings. The van der Waals surface area contributed by atoms with Crippen LogP contribution in [0.15, 0.2) is 35.2 Å². The third-order valence-corrected chi connectivity index (χ3v) is 8.04. The van der Waals surface area contributed by atoms with Gasteiger partial charge in [-0.05, 0) is 43.2 Å². The summed E-state index contributed by atoms with van der Waals surface area (Å²) in [6, 6.07) is 8.78. The molecule has 0 aliphatic carbocycles. The number of benzene rings is 1. The van der Waals surface area contributed by atoms with Crippen molar-refractivity contribution in [1.82, 2.24) is 19.1 Å². The summed E-state index contributed by atoms with van der Waals surface area (Å²) >= 11 is 0. The summed E-state index contributed by atoms with van der Waals surface area (Å²) < 4.78 is 29.6. The summed E-state index contributed by atoms with van der Waals surface area (Å²) in [6.45, 7) is 4.29. The highest BCUT2D eigenvalue weighted by Gasteiger charge is 2.39. The van der Waals surface area contributed by atoms with Crippen molar-refractivity contribution in [3.05, 3.63) is 42.0 Å². The van der Waals surface area contributed by atoms with Crippen LogP contribution in [0.1, 0.15) is 44.3 Å². The molecule has 1 saturated heterocycles. The highest BCUT2D eigenvalue weighted by molar-refractivity contribution is 7.89. The molecule has 0 atom stereocenters. The Kier molecular flexibility index (Phi) is 4.61. The van der Waals surface area contributed by atoms with Gasteiger partial charge < -0.3 is 4.57 Å². The lowest BCUT2D eigenvalue weighted by Crippen LogP contribution is -2.43. The molecule has 1 spiro atoms. The van der Waals surface area contributed by atoms with E-state index in [1.807, 2.05) is 6.07 Å². The largest absolute Gasteiger partial charge is 0.315 e. The fourth-order valence-electron chi connectivity index (χ4n) is 4.37. The Bertz CT molecular complexity index is 868. The molecule has 4 rings (SSSR count). The summed E-state index contributed by atoms with van der Waals surface area (Å²) in [4.78, 5) is 0.399. The van der Waals surface area contributed by atoms with Crippen LogP contribution in [0.5, 0.6) is 0 Å². The topological polar surface area (TPSA) is 68.1 Å². The van der Waals surface area contributed by atoms with E-state index in [1.54, 1.807) is 28.6 Å². The minimum Gasteiger partial charge on any atom is -0.315 e. The van der Waals surface area contributed by atoms with Crippen molar-refractivity contribution in [3.63, 3.8) is 0 Å². The molecule has 6 nitrogen and oxygen atoms in total. The van der Waals surface area contributed by atoms with Crippen molar-refractivity contribution < 1.29 is 8.42 Å². The molecular formula is C19H26N4O2S. The van der Waals surface area contributed by atoms with Gasteiger partial charge in [-0.25, -0.2) is 8.42 Å². The first-order valence-electron chi connectivity index (χ1n) is 9.50. The van der Waals surface area contributed by atoms with E-state index < -0.39 is 10.0 Å². The number of piperidine rings is 1. The molecule has 1 aromatic heterocycles. The highest BCUT2D eigenvalue weighted by atomic mass is 32.2. The normalized spacial score (nSPS) is 20.7. The Labute approximate surface area is 155 Å². The van der Waals surface area contributed by atoms with Crippen LogP contribution in [0.3, 0.4) is 0 Å². The zero-order chi connectivity index (χ0) is 18.2. The van der Waals surface area contributed by atoms with Crippen molar-refractivity contribution in [2.24, 2.45) is 5.41 Å². The second-order valence-corrected chi connectivity index (χ2v) is 9.44. The molecule has 0 radical (unpaired) electrons. The van der Waals surface area contributed by atoms with Crippen LogP contribution in [0, 0.1) is 5.41 Å². The SMILES string of the molecule is CCc1nnc2n1CCC1(CC2)CCN(S(=O)(=O)c2ccccc2)CC1. The number of hydrogen-bond donors (Lipinski definition) is 0. The zero-order valence-electron chi connectivity index (χ0n) is 15.3. The van der Waals surface area contributed by atoms with E-state index in [0.29, 0.717) is 18.0 Å². The Morgan fingerprint density at radius 2 is 1.69 bits per heavy atom. The van der Waals surface area contributed by atoms with Crippen LogP contribution >= 0.6 is 0 Å². The first-order chi connectivity index (χ1) is 12.5. The van der Waals surface area contributed by atoms with Gasteiger partial charge in [-0.15, -0.1) is 10.2 Å². The highest BCUT2D eigenvalue weighted by Crippen LogP contribution is 2.42. The van der Waals surface area contributed by atoms with Crippen molar-refractivity contribution in [2.45, 2.75) is 56.9 Å². The van der Waals surface area contributed by atoms with Gasteiger partial charge in [-0.1, -0.05) is 25.1 Å². The molecule has 0 N–H and O–H groups in total. The third kappa shape index (κ3) is 3.07. The minimum atomic E-state index is -3.37. The molecule has 1 aromatic carbocycles. The predicted molar refractivity (Wildman–Crippen MR) is 99.2 cm³/mol. The molecule has 0 saturated carbocycles. The number of aromatic nitrogens is 3. The number of nitrogens with zero attached hydrogens (tertiary/aromatic N) is 4. The lowest BCUT2D eigenvalue weighted by Gasteiger charge is -2.40. The summed E-state index contributed by atoms with van der Waals surface area (Å²) in [6.07, 6.45) is 5.87. The van der Waals surface area contributed by atoms with Gasteiger partial charge in [-0.2, -0.15) is 4.31 Å². The first-order valence-corrected chi connectivity index (χ1v) is 10.9. The van der Waals surface area contributed by atoms with Gasteiger partial charge in [0.1, 0.15) is 11.6 Å². The minimum absolute atomic E-state index is 0.231. The molecule has 0 bridgehead atoms. The van der Waals surface area contributed by atoms with Gasteiger partial charge in [0.2, 0.25) is 10.0 Å². The maximum Gasteiger partial charge on any atom is 0.243 e. The molecular weight excluding hydrogens is 348 g/mol. The lowest BCUT2D eigenvalue weighted by molar-refractivity contribution is 0.129. The van der Waals surface area contributed by atoms with Gasteiger partial charge in [0.15, 0.2) is 0 Å². The number of aryl methyl sites for hydroxylation is 2. The van der Waals surface area contributed by atoms with Gasteiger partial charge in [0.25, 0.3) is 0 Å². The van der Waals surface area contributed by atoms with Crippen LogP contribution in [0.25, 0.3) is 0 Å². The van der Waals surface area contributed by atoms with Crippen LogP contribution in [-0.2, 0) is 29.4 Å². The van der Waals surface area contributed by atoms with Gasteiger partial charge in [0.05, 0.1) is 4.90 Å². The number of fused-ring (bicyclic) bond motifs is 1. The predicted octanol–water partition coefficient (Wildman–Crippen LogP) is 2.65. The van der Waals surface area contributed by atoms with E-state index in [1.165, 1.54) is 0 Å². The summed E-state index contributed by atoms with van der Waals surface area (Å²) in [5.41, 5.74) is 0.231. The molecule has 2 aliphatic rings. The fraction of sp³-hybridized carbons (Fsp3) is 0.579. The summed E-state index contributed by atoms with van der Waals surface area (Å²) in [5, 5.41) is 8.66.